The van der Waals surface area contributed by atoms with Crippen molar-refractivity contribution in [2.75, 3.05) is 13.2 Å². The van der Waals surface area contributed by atoms with Crippen molar-refractivity contribution in [3.8, 4) is 0 Å². The Morgan fingerprint density at radius 3 is 2.21 bits per heavy atom. The summed E-state index contributed by atoms with van der Waals surface area (Å²) in [6.07, 6.45) is 1.84. The lowest BCUT2D eigenvalue weighted by Crippen LogP contribution is -2.20. The number of rotatable bonds is 8. The summed E-state index contributed by atoms with van der Waals surface area (Å²) in [7, 11) is 0. The largest absolute Gasteiger partial charge is 0.374 e. The molecule has 24 heavy (non-hydrogen) atoms. The number of ether oxygens (including phenoxy) is 2. The molecule has 3 nitrogen and oxygen atoms in total. The molecular weight excluding hydrogens is 298 g/mol. The Morgan fingerprint density at radius 1 is 0.958 bits per heavy atom. The van der Waals surface area contributed by atoms with Crippen LogP contribution in [-0.4, -0.2) is 25.0 Å². The minimum atomic E-state index is -0.155. The Kier molecular flexibility index (Phi) is 7.16. The summed E-state index contributed by atoms with van der Waals surface area (Å²) in [6, 6.07) is 20.4. The zero-order chi connectivity index (χ0) is 17.3. The van der Waals surface area contributed by atoms with Gasteiger partial charge in [0.05, 0.1) is 31.5 Å². The van der Waals surface area contributed by atoms with Crippen LogP contribution in [0.4, 0.5) is 0 Å². The smallest absolute Gasteiger partial charge is 0.0979 e. The van der Waals surface area contributed by atoms with E-state index < -0.39 is 0 Å². The summed E-state index contributed by atoms with van der Waals surface area (Å²) in [6.45, 7) is 7.77. The fraction of sp³-hybridized carbons (Fsp3) is 0.381. The van der Waals surface area contributed by atoms with E-state index in [1.807, 2.05) is 63.4 Å². The molecule has 0 amide bonds. The third-order valence-corrected chi connectivity index (χ3v) is 3.45. The molecule has 2 aromatic carbocycles. The molecule has 0 aromatic heterocycles. The van der Waals surface area contributed by atoms with Gasteiger partial charge in [-0.2, -0.15) is 0 Å². The molecule has 128 valence electrons. The van der Waals surface area contributed by atoms with E-state index in [4.69, 9.17) is 9.47 Å². The van der Waals surface area contributed by atoms with Crippen LogP contribution < -0.4 is 0 Å². The third-order valence-electron chi connectivity index (χ3n) is 3.45. The third kappa shape index (κ3) is 7.07. The van der Waals surface area contributed by atoms with Crippen LogP contribution in [0.3, 0.4) is 0 Å². The highest BCUT2D eigenvalue weighted by atomic mass is 16.5. The van der Waals surface area contributed by atoms with Gasteiger partial charge in [-0.1, -0.05) is 60.7 Å². The quantitative estimate of drug-likeness (QED) is 0.651. The van der Waals surface area contributed by atoms with Crippen LogP contribution in [0.2, 0.25) is 0 Å². The molecule has 0 spiro atoms. The van der Waals surface area contributed by atoms with Gasteiger partial charge in [0.1, 0.15) is 0 Å². The van der Waals surface area contributed by atoms with E-state index >= 15 is 0 Å². The molecule has 2 rings (SSSR count). The predicted molar refractivity (Wildman–Crippen MR) is 99.5 cm³/mol. The van der Waals surface area contributed by atoms with E-state index in [9.17, 15) is 0 Å². The van der Waals surface area contributed by atoms with E-state index in [1.165, 1.54) is 5.56 Å². The minimum Gasteiger partial charge on any atom is -0.374 e. The molecule has 0 heterocycles. The first-order chi connectivity index (χ1) is 11.5. The maximum atomic E-state index is 5.88. The first kappa shape index (κ1) is 18.4. The minimum absolute atomic E-state index is 0.0153. The van der Waals surface area contributed by atoms with Gasteiger partial charge in [-0.25, -0.2) is 0 Å². The van der Waals surface area contributed by atoms with E-state index in [2.05, 4.69) is 29.3 Å². The molecule has 0 aliphatic heterocycles. The van der Waals surface area contributed by atoms with Crippen molar-refractivity contribution in [2.45, 2.75) is 39.0 Å². The van der Waals surface area contributed by atoms with Gasteiger partial charge in [-0.05, 0) is 31.9 Å². The lowest BCUT2D eigenvalue weighted by molar-refractivity contribution is 0.0226. The van der Waals surface area contributed by atoms with Gasteiger partial charge in [0, 0.05) is 6.21 Å². The number of aliphatic imine (C=N–C) groups is 1. The van der Waals surface area contributed by atoms with Crippen LogP contribution in [-0.2, 0) is 16.1 Å². The maximum Gasteiger partial charge on any atom is 0.0979 e. The predicted octanol–water partition coefficient (Wildman–Crippen LogP) is 4.83. The highest BCUT2D eigenvalue weighted by Gasteiger charge is 2.11. The molecule has 0 saturated carbocycles. The van der Waals surface area contributed by atoms with Crippen molar-refractivity contribution in [2.24, 2.45) is 4.99 Å². The van der Waals surface area contributed by atoms with Gasteiger partial charge >= 0.3 is 0 Å². The van der Waals surface area contributed by atoms with Crippen LogP contribution in [0, 0.1) is 0 Å². The van der Waals surface area contributed by atoms with Gasteiger partial charge in [0.2, 0.25) is 0 Å². The molecule has 0 N–H and O–H groups in total. The van der Waals surface area contributed by atoms with Gasteiger partial charge in [0.25, 0.3) is 0 Å². The van der Waals surface area contributed by atoms with E-state index in [-0.39, 0.29) is 11.6 Å². The zero-order valence-electron chi connectivity index (χ0n) is 14.8. The molecule has 0 bridgehead atoms. The highest BCUT2D eigenvalue weighted by Crippen LogP contribution is 2.18. The number of hydrogen-bond donors (Lipinski definition) is 0. The highest BCUT2D eigenvalue weighted by molar-refractivity contribution is 5.59. The van der Waals surface area contributed by atoms with Crippen LogP contribution in [0.15, 0.2) is 65.7 Å². The van der Waals surface area contributed by atoms with Gasteiger partial charge < -0.3 is 9.47 Å². The van der Waals surface area contributed by atoms with E-state index in [0.717, 1.165) is 5.56 Å². The molecule has 0 saturated heterocycles. The zero-order valence-corrected chi connectivity index (χ0v) is 14.8. The van der Waals surface area contributed by atoms with Crippen LogP contribution in [0.25, 0.3) is 0 Å². The molecule has 0 unspecified atom stereocenters. The molecule has 1 atom stereocenters. The Morgan fingerprint density at radius 2 is 1.58 bits per heavy atom. The average Bonchev–Trinajstić information content (AvgIpc) is 2.58. The van der Waals surface area contributed by atoms with E-state index in [0.29, 0.717) is 19.8 Å². The van der Waals surface area contributed by atoms with Crippen molar-refractivity contribution in [1.29, 1.82) is 0 Å². The van der Waals surface area contributed by atoms with Crippen molar-refractivity contribution >= 4 is 6.21 Å². The summed E-state index contributed by atoms with van der Waals surface area (Å²) in [5, 5.41) is 0. The van der Waals surface area contributed by atoms with Crippen LogP contribution in [0.5, 0.6) is 0 Å². The van der Waals surface area contributed by atoms with Crippen LogP contribution >= 0.6 is 0 Å². The Balaban J connectivity index is 1.92. The lowest BCUT2D eigenvalue weighted by atomic mass is 10.1. The lowest BCUT2D eigenvalue weighted by Gasteiger charge is -2.18. The number of nitrogens with zero attached hydrogens (tertiary/aromatic N) is 1. The van der Waals surface area contributed by atoms with Crippen LogP contribution in [0.1, 0.15) is 37.9 Å². The monoisotopic (exact) mass is 325 g/mol. The van der Waals surface area contributed by atoms with Crippen molar-refractivity contribution < 1.29 is 9.47 Å². The van der Waals surface area contributed by atoms with Crippen molar-refractivity contribution in [3.63, 3.8) is 0 Å². The van der Waals surface area contributed by atoms with E-state index in [1.54, 1.807) is 0 Å². The molecule has 3 heteroatoms. The Bertz CT molecular complexity index is 603. The van der Waals surface area contributed by atoms with Crippen molar-refractivity contribution in [1.82, 2.24) is 0 Å². The Labute approximate surface area is 145 Å². The molecule has 2 aromatic rings. The summed E-state index contributed by atoms with van der Waals surface area (Å²) < 4.78 is 11.6. The molecule has 0 radical (unpaired) electrons. The second-order valence-electron chi connectivity index (χ2n) is 6.68. The molecule has 0 aliphatic rings. The summed E-state index contributed by atoms with van der Waals surface area (Å²) in [5.41, 5.74) is 2.17. The number of benzene rings is 2. The number of hydrogen-bond acceptors (Lipinski definition) is 3. The van der Waals surface area contributed by atoms with Gasteiger partial charge in [-0.3, -0.25) is 4.99 Å². The average molecular weight is 325 g/mol. The van der Waals surface area contributed by atoms with Gasteiger partial charge in [-0.15, -0.1) is 0 Å². The summed E-state index contributed by atoms with van der Waals surface area (Å²) in [4.78, 5) is 4.65. The fourth-order valence-corrected chi connectivity index (χ4v) is 2.22. The summed E-state index contributed by atoms with van der Waals surface area (Å²) >= 11 is 0. The maximum absolute atomic E-state index is 5.88. The topological polar surface area (TPSA) is 30.8 Å². The van der Waals surface area contributed by atoms with Gasteiger partial charge in [0.15, 0.2) is 0 Å². The second-order valence-corrected chi connectivity index (χ2v) is 6.68. The first-order valence-corrected chi connectivity index (χ1v) is 8.37. The molecule has 0 aliphatic carbocycles. The molecular formula is C21H27NO2. The molecule has 0 fully saturated rings. The standard InChI is InChI=1S/C21H27NO2/c1-21(2,3)24-15-14-22-20(19-12-8-5-9-13-19)17-23-16-18-10-6-4-7-11-18/h4-14,20H,15-17H2,1-3H3/t20-/m1/s1. The SMILES string of the molecule is CC(C)(C)OCC=N[C@H](COCc1ccccc1)c1ccccc1. The Hall–Kier alpha value is -1.97. The fourth-order valence-electron chi connectivity index (χ4n) is 2.22. The van der Waals surface area contributed by atoms with Crippen molar-refractivity contribution in [3.05, 3.63) is 71.8 Å². The first-order valence-electron chi connectivity index (χ1n) is 8.37. The summed E-state index contributed by atoms with van der Waals surface area (Å²) in [5.74, 6) is 0. The second kappa shape index (κ2) is 9.36. The normalized spacial score (nSPS) is 13.3.